The number of carboxylic acids is 1. The van der Waals surface area contributed by atoms with Crippen molar-refractivity contribution in [3.63, 3.8) is 0 Å². The molecule has 1 amide bonds. The molecule has 0 heterocycles. The van der Waals surface area contributed by atoms with E-state index in [2.05, 4.69) is 5.32 Å². The lowest BCUT2D eigenvalue weighted by atomic mass is 10.1. The van der Waals surface area contributed by atoms with Crippen LogP contribution in [0.25, 0.3) is 0 Å². The average molecular weight is 306 g/mol. The Bertz CT molecular complexity index is 626. The molecule has 0 fully saturated rings. The normalized spacial score (nSPS) is 12.8. The molecule has 1 aromatic rings. The van der Waals surface area contributed by atoms with E-state index in [4.69, 9.17) is 16.7 Å². The molecule has 8 heteroatoms. The molecule has 1 aromatic carbocycles. The SMILES string of the molecule is CC(C(=O)O)C(=O)Nc1cc(S(C)(=O)=O)ccc1Cl. The summed E-state index contributed by atoms with van der Waals surface area (Å²) in [6.45, 7) is 1.21. The number of anilines is 1. The zero-order valence-corrected chi connectivity index (χ0v) is 11.7. The number of amides is 1. The van der Waals surface area contributed by atoms with Gasteiger partial charge >= 0.3 is 5.97 Å². The molecule has 0 aliphatic rings. The van der Waals surface area contributed by atoms with Crippen molar-refractivity contribution in [1.82, 2.24) is 0 Å². The Kier molecular flexibility index (Phi) is 4.54. The summed E-state index contributed by atoms with van der Waals surface area (Å²) in [6, 6.07) is 3.80. The highest BCUT2D eigenvalue weighted by Crippen LogP contribution is 2.25. The Morgan fingerprint density at radius 1 is 1.37 bits per heavy atom. The standard InChI is InChI=1S/C11H12ClNO5S/c1-6(11(15)16)10(14)13-9-5-7(19(2,17)18)3-4-8(9)12/h3-6H,1-2H3,(H,13,14)(H,15,16). The van der Waals surface area contributed by atoms with E-state index in [0.29, 0.717) is 0 Å². The van der Waals surface area contributed by atoms with Crippen LogP contribution in [0.5, 0.6) is 0 Å². The number of hydrogen-bond donors (Lipinski definition) is 2. The predicted molar refractivity (Wildman–Crippen MR) is 70.0 cm³/mol. The molecule has 104 valence electrons. The monoisotopic (exact) mass is 305 g/mol. The van der Waals surface area contributed by atoms with E-state index in [1.165, 1.54) is 25.1 Å². The maximum Gasteiger partial charge on any atom is 0.315 e. The minimum absolute atomic E-state index is 0.0184. The first-order valence-corrected chi connectivity index (χ1v) is 7.43. The van der Waals surface area contributed by atoms with Crippen LogP contribution in [0.3, 0.4) is 0 Å². The van der Waals surface area contributed by atoms with Crippen LogP contribution in [0.15, 0.2) is 23.1 Å². The molecule has 1 unspecified atom stereocenters. The molecular weight excluding hydrogens is 294 g/mol. The van der Waals surface area contributed by atoms with Crippen molar-refractivity contribution in [2.24, 2.45) is 5.92 Å². The third-order valence-electron chi connectivity index (χ3n) is 2.39. The maximum absolute atomic E-state index is 11.6. The van der Waals surface area contributed by atoms with E-state index in [9.17, 15) is 18.0 Å². The van der Waals surface area contributed by atoms with Gasteiger partial charge in [0.2, 0.25) is 5.91 Å². The third-order valence-corrected chi connectivity index (χ3v) is 3.83. The summed E-state index contributed by atoms with van der Waals surface area (Å²) >= 11 is 5.82. The summed E-state index contributed by atoms with van der Waals surface area (Å²) < 4.78 is 22.7. The van der Waals surface area contributed by atoms with Crippen LogP contribution in [0.1, 0.15) is 6.92 Å². The van der Waals surface area contributed by atoms with Gasteiger partial charge < -0.3 is 10.4 Å². The van der Waals surface area contributed by atoms with Crippen molar-refractivity contribution in [2.45, 2.75) is 11.8 Å². The smallest absolute Gasteiger partial charge is 0.315 e. The minimum atomic E-state index is -3.44. The van der Waals surface area contributed by atoms with Gasteiger partial charge in [-0.25, -0.2) is 8.42 Å². The van der Waals surface area contributed by atoms with Gasteiger partial charge in [0.25, 0.3) is 0 Å². The van der Waals surface area contributed by atoms with Gasteiger partial charge in [-0.1, -0.05) is 11.6 Å². The molecule has 0 saturated carbocycles. The fraction of sp³-hybridized carbons (Fsp3) is 0.273. The van der Waals surface area contributed by atoms with Gasteiger partial charge in [0, 0.05) is 6.26 Å². The summed E-state index contributed by atoms with van der Waals surface area (Å²) in [7, 11) is -3.44. The van der Waals surface area contributed by atoms with Crippen LogP contribution in [0.2, 0.25) is 5.02 Å². The van der Waals surface area contributed by atoms with E-state index in [1.54, 1.807) is 0 Å². The molecule has 2 N–H and O–H groups in total. The van der Waals surface area contributed by atoms with Crippen LogP contribution in [0.4, 0.5) is 5.69 Å². The van der Waals surface area contributed by atoms with Crippen molar-refractivity contribution in [3.05, 3.63) is 23.2 Å². The lowest BCUT2D eigenvalue weighted by Crippen LogP contribution is -2.27. The number of carbonyl (C=O) groups is 2. The summed E-state index contributed by atoms with van der Waals surface area (Å²) in [4.78, 5) is 22.2. The third kappa shape index (κ3) is 3.93. The molecule has 0 bridgehead atoms. The highest BCUT2D eigenvalue weighted by Gasteiger charge is 2.21. The Hall–Kier alpha value is -1.60. The van der Waals surface area contributed by atoms with Crippen molar-refractivity contribution >= 4 is 39.0 Å². The Morgan fingerprint density at radius 3 is 2.42 bits per heavy atom. The maximum atomic E-state index is 11.6. The number of carboxylic acid groups (broad SMARTS) is 1. The number of halogens is 1. The molecular formula is C11H12ClNO5S. The molecule has 0 radical (unpaired) electrons. The van der Waals surface area contributed by atoms with E-state index in [1.807, 2.05) is 0 Å². The van der Waals surface area contributed by atoms with E-state index < -0.39 is 27.6 Å². The highest BCUT2D eigenvalue weighted by atomic mass is 35.5. The zero-order chi connectivity index (χ0) is 14.8. The average Bonchev–Trinajstić information content (AvgIpc) is 2.29. The summed E-state index contributed by atoms with van der Waals surface area (Å²) in [5.74, 6) is -3.33. The number of benzene rings is 1. The highest BCUT2D eigenvalue weighted by molar-refractivity contribution is 7.90. The number of nitrogens with one attached hydrogen (secondary N) is 1. The predicted octanol–water partition coefficient (Wildman–Crippen LogP) is 1.40. The minimum Gasteiger partial charge on any atom is -0.481 e. The summed E-state index contributed by atoms with van der Waals surface area (Å²) in [5.41, 5.74) is 0.0580. The van der Waals surface area contributed by atoms with Crippen molar-refractivity contribution in [3.8, 4) is 0 Å². The topological polar surface area (TPSA) is 101 Å². The number of sulfone groups is 1. The van der Waals surface area contributed by atoms with Crippen LogP contribution >= 0.6 is 11.6 Å². The molecule has 0 aromatic heterocycles. The van der Waals surface area contributed by atoms with Gasteiger partial charge in [-0.3, -0.25) is 9.59 Å². The van der Waals surface area contributed by atoms with Gasteiger partial charge in [0.1, 0.15) is 5.92 Å². The Balaban J connectivity index is 3.08. The largest absolute Gasteiger partial charge is 0.481 e. The van der Waals surface area contributed by atoms with E-state index in [-0.39, 0.29) is 15.6 Å². The van der Waals surface area contributed by atoms with Gasteiger partial charge in [-0.2, -0.15) is 0 Å². The van der Waals surface area contributed by atoms with E-state index in [0.717, 1.165) is 6.26 Å². The van der Waals surface area contributed by atoms with Gasteiger partial charge in [-0.15, -0.1) is 0 Å². The molecule has 1 rings (SSSR count). The molecule has 19 heavy (non-hydrogen) atoms. The summed E-state index contributed by atoms with van der Waals surface area (Å²) in [6.07, 6.45) is 1.02. The van der Waals surface area contributed by atoms with Crippen LogP contribution in [-0.4, -0.2) is 31.7 Å². The van der Waals surface area contributed by atoms with Crippen molar-refractivity contribution in [1.29, 1.82) is 0 Å². The van der Waals surface area contributed by atoms with Crippen LogP contribution in [0, 0.1) is 5.92 Å². The molecule has 0 spiro atoms. The number of hydrogen-bond acceptors (Lipinski definition) is 4. The van der Waals surface area contributed by atoms with Crippen LogP contribution < -0.4 is 5.32 Å². The number of aliphatic carboxylic acids is 1. The number of carbonyl (C=O) groups excluding carboxylic acids is 1. The number of rotatable bonds is 4. The second-order valence-electron chi connectivity index (χ2n) is 3.96. The fourth-order valence-electron chi connectivity index (χ4n) is 1.18. The fourth-order valence-corrected chi connectivity index (χ4v) is 2.00. The second-order valence-corrected chi connectivity index (χ2v) is 6.39. The van der Waals surface area contributed by atoms with Crippen LogP contribution in [-0.2, 0) is 19.4 Å². The first-order chi connectivity index (χ1) is 8.62. The molecule has 0 saturated heterocycles. The quantitative estimate of drug-likeness (QED) is 0.819. The Morgan fingerprint density at radius 2 is 1.95 bits per heavy atom. The molecule has 0 aliphatic heterocycles. The first-order valence-electron chi connectivity index (χ1n) is 5.16. The Labute approximate surface area is 115 Å². The van der Waals surface area contributed by atoms with Gasteiger partial charge in [-0.05, 0) is 25.1 Å². The van der Waals surface area contributed by atoms with Gasteiger partial charge in [0.15, 0.2) is 9.84 Å². The second kappa shape index (κ2) is 5.58. The molecule has 1 atom stereocenters. The lowest BCUT2D eigenvalue weighted by molar-refractivity contribution is -0.144. The van der Waals surface area contributed by atoms with Crippen molar-refractivity contribution < 1.29 is 23.1 Å². The lowest BCUT2D eigenvalue weighted by Gasteiger charge is -2.11. The van der Waals surface area contributed by atoms with Crippen molar-refractivity contribution in [2.75, 3.05) is 11.6 Å². The molecule has 0 aliphatic carbocycles. The molecule has 6 nitrogen and oxygen atoms in total. The first kappa shape index (κ1) is 15.5. The summed E-state index contributed by atoms with van der Waals surface area (Å²) in [5, 5.41) is 11.1. The zero-order valence-electron chi connectivity index (χ0n) is 10.2. The van der Waals surface area contributed by atoms with Gasteiger partial charge in [0.05, 0.1) is 15.6 Å². The van der Waals surface area contributed by atoms with E-state index >= 15 is 0 Å².